The van der Waals surface area contributed by atoms with Crippen LogP contribution in [0.15, 0.2) is 24.3 Å². The maximum atomic E-state index is 11.8. The Morgan fingerprint density at radius 1 is 1.15 bits per heavy atom. The van der Waals surface area contributed by atoms with Crippen molar-refractivity contribution in [2.45, 2.75) is 43.9 Å². The van der Waals surface area contributed by atoms with Gasteiger partial charge < -0.3 is 35.8 Å². The van der Waals surface area contributed by atoms with Crippen LogP contribution in [0, 0.1) is 0 Å². The van der Waals surface area contributed by atoms with Crippen LogP contribution >= 0.6 is 0 Å². The first kappa shape index (κ1) is 19.9. The number of para-hydroxylation sites is 2. The summed E-state index contributed by atoms with van der Waals surface area (Å²) in [7, 11) is 0. The monoisotopic (exact) mass is 369 g/mol. The lowest BCUT2D eigenvalue weighted by Crippen LogP contribution is -2.66. The molecule has 1 heterocycles. The summed E-state index contributed by atoms with van der Waals surface area (Å²) in [6.45, 7) is 1.09. The van der Waals surface area contributed by atoms with Gasteiger partial charge in [0.05, 0.1) is 18.0 Å². The van der Waals surface area contributed by atoms with E-state index in [1.807, 2.05) is 0 Å². The molecule has 0 bridgehead atoms. The van der Waals surface area contributed by atoms with Crippen molar-refractivity contribution in [1.82, 2.24) is 5.32 Å². The number of carboxylic acid groups (broad SMARTS) is 1. The molecule has 0 saturated carbocycles. The maximum absolute atomic E-state index is 11.8. The third kappa shape index (κ3) is 4.61. The van der Waals surface area contributed by atoms with Crippen LogP contribution < -0.4 is 16.0 Å². The van der Waals surface area contributed by atoms with Crippen LogP contribution in [0.25, 0.3) is 0 Å². The van der Waals surface area contributed by atoms with Gasteiger partial charge in [0.25, 0.3) is 0 Å². The average molecular weight is 369 g/mol. The van der Waals surface area contributed by atoms with Crippen molar-refractivity contribution in [2.75, 3.05) is 17.2 Å². The summed E-state index contributed by atoms with van der Waals surface area (Å²) >= 11 is 0. The van der Waals surface area contributed by atoms with Gasteiger partial charge in [0.2, 0.25) is 5.91 Å². The first-order valence-electron chi connectivity index (χ1n) is 8.14. The van der Waals surface area contributed by atoms with E-state index in [4.69, 9.17) is 9.84 Å². The third-order valence-electron chi connectivity index (χ3n) is 4.04. The predicted molar refractivity (Wildman–Crippen MR) is 91.7 cm³/mol. The number of aliphatic hydroxyl groups excluding tert-OH is 3. The molecule has 1 fully saturated rings. The second kappa shape index (κ2) is 8.81. The van der Waals surface area contributed by atoms with Gasteiger partial charge in [0.1, 0.15) is 24.4 Å². The predicted octanol–water partition coefficient (Wildman–Crippen LogP) is -0.478. The molecular weight excluding hydrogens is 346 g/mol. The number of hydrogen-bond acceptors (Lipinski definition) is 7. The Labute approximate surface area is 149 Å². The van der Waals surface area contributed by atoms with E-state index in [9.17, 15) is 24.9 Å². The SMILES string of the molecule is CCC(=O)N[C@H]1C(Nc2ccccc2NC(=O)O)O[C@H](CO)[C@@H](O)[C@@H]1O. The molecule has 26 heavy (non-hydrogen) atoms. The summed E-state index contributed by atoms with van der Waals surface area (Å²) in [5.74, 6) is -0.365. The third-order valence-corrected chi connectivity index (χ3v) is 4.04. The van der Waals surface area contributed by atoms with Crippen molar-refractivity contribution in [3.05, 3.63) is 24.3 Å². The van der Waals surface area contributed by atoms with E-state index in [1.54, 1.807) is 25.1 Å². The number of ether oxygens (including phenoxy) is 1. The zero-order valence-corrected chi connectivity index (χ0v) is 14.1. The molecule has 0 aromatic heterocycles. The Morgan fingerprint density at radius 2 is 1.81 bits per heavy atom. The number of benzene rings is 1. The van der Waals surface area contributed by atoms with Crippen molar-refractivity contribution in [1.29, 1.82) is 0 Å². The maximum Gasteiger partial charge on any atom is 0.409 e. The van der Waals surface area contributed by atoms with Crippen molar-refractivity contribution in [2.24, 2.45) is 0 Å². The first-order chi connectivity index (χ1) is 12.4. The fraction of sp³-hybridized carbons (Fsp3) is 0.500. The van der Waals surface area contributed by atoms with E-state index in [-0.39, 0.29) is 18.0 Å². The van der Waals surface area contributed by atoms with Gasteiger partial charge in [-0.25, -0.2) is 4.79 Å². The summed E-state index contributed by atoms with van der Waals surface area (Å²) in [5.41, 5.74) is 0.584. The number of anilines is 2. The highest BCUT2D eigenvalue weighted by Crippen LogP contribution is 2.27. The summed E-state index contributed by atoms with van der Waals surface area (Å²) in [6, 6.07) is 5.38. The van der Waals surface area contributed by atoms with Crippen molar-refractivity contribution in [3.8, 4) is 0 Å². The molecule has 0 aliphatic carbocycles. The summed E-state index contributed by atoms with van der Waals surface area (Å²) in [5, 5.41) is 46.4. The van der Waals surface area contributed by atoms with Gasteiger partial charge in [-0.1, -0.05) is 19.1 Å². The topological polar surface area (TPSA) is 160 Å². The van der Waals surface area contributed by atoms with E-state index in [0.29, 0.717) is 5.69 Å². The van der Waals surface area contributed by atoms with Crippen LogP contribution in [0.2, 0.25) is 0 Å². The van der Waals surface area contributed by atoms with Gasteiger partial charge in [-0.2, -0.15) is 0 Å². The van der Waals surface area contributed by atoms with Crippen LogP contribution in [0.5, 0.6) is 0 Å². The molecule has 2 rings (SSSR count). The largest absolute Gasteiger partial charge is 0.465 e. The van der Waals surface area contributed by atoms with Gasteiger partial charge in [-0.05, 0) is 12.1 Å². The minimum atomic E-state index is -1.40. The van der Waals surface area contributed by atoms with Gasteiger partial charge in [0, 0.05) is 6.42 Å². The van der Waals surface area contributed by atoms with Crippen molar-refractivity contribution >= 4 is 23.4 Å². The Bertz CT molecular complexity index is 642. The second-order valence-corrected chi connectivity index (χ2v) is 5.83. The highest BCUT2D eigenvalue weighted by molar-refractivity contribution is 5.88. The number of carbonyl (C=O) groups is 2. The lowest BCUT2D eigenvalue weighted by Gasteiger charge is -2.43. The van der Waals surface area contributed by atoms with Crippen LogP contribution in [-0.4, -0.2) is 69.6 Å². The minimum absolute atomic E-state index is 0.159. The normalized spacial score (nSPS) is 28.2. The lowest BCUT2D eigenvalue weighted by molar-refractivity contribution is -0.188. The number of rotatable bonds is 6. The minimum Gasteiger partial charge on any atom is -0.465 e. The van der Waals surface area contributed by atoms with Gasteiger partial charge in [0.15, 0.2) is 6.23 Å². The number of amides is 2. The molecule has 7 N–H and O–H groups in total. The highest BCUT2D eigenvalue weighted by atomic mass is 16.5. The summed E-state index contributed by atoms with van der Waals surface area (Å²) < 4.78 is 5.58. The molecule has 1 saturated heterocycles. The number of nitrogens with one attached hydrogen (secondary N) is 3. The highest BCUT2D eigenvalue weighted by Gasteiger charge is 2.45. The Morgan fingerprint density at radius 3 is 2.38 bits per heavy atom. The van der Waals surface area contributed by atoms with E-state index in [1.165, 1.54) is 6.07 Å². The number of aliphatic hydroxyl groups is 3. The number of carbonyl (C=O) groups excluding carboxylic acids is 1. The van der Waals surface area contributed by atoms with Gasteiger partial charge in [-0.3, -0.25) is 10.1 Å². The fourth-order valence-corrected chi connectivity index (χ4v) is 2.68. The Kier molecular flexibility index (Phi) is 6.75. The molecule has 1 aliphatic heterocycles. The molecular formula is C16H23N3O7. The Hall–Kier alpha value is -2.40. The zero-order valence-electron chi connectivity index (χ0n) is 14.1. The van der Waals surface area contributed by atoms with Crippen LogP contribution in [-0.2, 0) is 9.53 Å². The molecule has 1 aromatic rings. The molecule has 0 radical (unpaired) electrons. The standard InChI is InChI=1S/C16H23N3O7/c1-2-11(21)19-12-14(23)13(22)10(7-20)26-15(12)17-8-5-3-4-6-9(8)18-16(24)25/h3-6,10,12-15,17-18,20,22-23H,2,7H2,1H3,(H,19,21)(H,24,25)/t10-,12-,13-,14-,15?/m1/s1. The summed E-state index contributed by atoms with van der Waals surface area (Å²) in [4.78, 5) is 22.7. The molecule has 10 nitrogen and oxygen atoms in total. The van der Waals surface area contributed by atoms with Crippen molar-refractivity contribution in [3.63, 3.8) is 0 Å². The molecule has 1 aromatic carbocycles. The molecule has 2 amide bonds. The van der Waals surface area contributed by atoms with Crippen LogP contribution in [0.1, 0.15) is 13.3 Å². The van der Waals surface area contributed by atoms with Gasteiger partial charge >= 0.3 is 6.09 Å². The van der Waals surface area contributed by atoms with Crippen molar-refractivity contribution < 1.29 is 34.8 Å². The van der Waals surface area contributed by atoms with E-state index in [0.717, 1.165) is 0 Å². The molecule has 1 unspecified atom stereocenters. The fourth-order valence-electron chi connectivity index (χ4n) is 2.68. The van der Waals surface area contributed by atoms with E-state index in [2.05, 4.69) is 16.0 Å². The Balaban J connectivity index is 2.27. The quantitative estimate of drug-likeness (QED) is 0.354. The second-order valence-electron chi connectivity index (χ2n) is 5.83. The molecule has 1 aliphatic rings. The molecule has 5 atom stereocenters. The van der Waals surface area contributed by atoms with Crippen LogP contribution in [0.3, 0.4) is 0 Å². The molecule has 144 valence electrons. The van der Waals surface area contributed by atoms with Crippen LogP contribution in [0.4, 0.5) is 16.2 Å². The van der Waals surface area contributed by atoms with E-state index < -0.39 is 43.3 Å². The van der Waals surface area contributed by atoms with E-state index >= 15 is 0 Å². The summed E-state index contributed by atoms with van der Waals surface area (Å²) in [6.07, 6.45) is -5.98. The zero-order chi connectivity index (χ0) is 19.3. The smallest absolute Gasteiger partial charge is 0.409 e. The van der Waals surface area contributed by atoms with Gasteiger partial charge in [-0.15, -0.1) is 0 Å². The number of hydrogen-bond donors (Lipinski definition) is 7. The molecule has 10 heteroatoms. The average Bonchev–Trinajstić information content (AvgIpc) is 2.62. The first-order valence-corrected chi connectivity index (χ1v) is 8.14. The lowest BCUT2D eigenvalue weighted by atomic mass is 9.95. The molecule has 0 spiro atoms.